The third kappa shape index (κ3) is 4.58. The van der Waals surface area contributed by atoms with Crippen LogP contribution < -0.4 is 4.90 Å². The molecule has 2 nitrogen and oxygen atoms in total. The lowest BCUT2D eigenvalue weighted by atomic mass is 10.1. The fourth-order valence-electron chi connectivity index (χ4n) is 1.70. The van der Waals surface area contributed by atoms with Gasteiger partial charge in [0.05, 0.1) is 5.56 Å². The van der Waals surface area contributed by atoms with Gasteiger partial charge in [0.15, 0.2) is 0 Å². The highest BCUT2D eigenvalue weighted by Crippen LogP contribution is 2.37. The molecule has 0 heterocycles. The number of benzene rings is 1. The number of likely N-dealkylation sites (N-methyl/N-ethyl adjacent to an activating group) is 2. The largest absolute Gasteiger partial charge is 0.418 e. The average molecular weight is 295 g/mol. The smallest absolute Gasteiger partial charge is 0.373 e. The molecule has 0 amide bonds. The minimum Gasteiger partial charge on any atom is -0.373 e. The summed E-state index contributed by atoms with van der Waals surface area (Å²) in [6.45, 7) is 1.21. The summed E-state index contributed by atoms with van der Waals surface area (Å²) in [5, 5.41) is 0. The van der Waals surface area contributed by atoms with Gasteiger partial charge in [-0.3, -0.25) is 0 Å². The molecule has 0 aliphatic heterocycles. The Hall–Kier alpha value is -0.940. The van der Waals surface area contributed by atoms with Crippen LogP contribution in [0.15, 0.2) is 18.2 Å². The van der Waals surface area contributed by atoms with Crippen molar-refractivity contribution in [2.45, 2.75) is 12.1 Å². The Morgan fingerprint density at radius 1 is 1.11 bits per heavy atom. The molecule has 0 fully saturated rings. The third-order valence-corrected chi connectivity index (χ3v) is 3.12. The molecule has 1 aromatic carbocycles. The van der Waals surface area contributed by atoms with Crippen molar-refractivity contribution >= 4 is 17.3 Å². The molecule has 0 N–H and O–H groups in total. The van der Waals surface area contributed by atoms with E-state index < -0.39 is 11.7 Å². The lowest BCUT2D eigenvalue weighted by Crippen LogP contribution is -2.30. The summed E-state index contributed by atoms with van der Waals surface area (Å²) in [6, 6.07) is 4.23. The van der Waals surface area contributed by atoms with Crippen LogP contribution in [0.1, 0.15) is 11.1 Å². The van der Waals surface area contributed by atoms with E-state index in [1.807, 2.05) is 19.0 Å². The number of rotatable bonds is 5. The summed E-state index contributed by atoms with van der Waals surface area (Å²) in [5.74, 6) is 0.0742. The molecule has 1 rings (SSSR count). The highest BCUT2D eigenvalue weighted by molar-refractivity contribution is 6.17. The van der Waals surface area contributed by atoms with Gasteiger partial charge in [-0.05, 0) is 31.8 Å². The number of anilines is 1. The van der Waals surface area contributed by atoms with E-state index in [1.54, 1.807) is 18.0 Å². The van der Waals surface area contributed by atoms with E-state index >= 15 is 0 Å². The summed E-state index contributed by atoms with van der Waals surface area (Å²) < 4.78 is 39.1. The normalized spacial score (nSPS) is 12.0. The summed E-state index contributed by atoms with van der Waals surface area (Å²) in [7, 11) is 5.43. The molecule has 19 heavy (non-hydrogen) atoms. The molecule has 0 aliphatic carbocycles. The van der Waals surface area contributed by atoms with Crippen LogP contribution in [0.5, 0.6) is 0 Å². The Morgan fingerprint density at radius 2 is 1.74 bits per heavy atom. The maximum absolute atomic E-state index is 13.0. The predicted octanol–water partition coefficient (Wildman–Crippen LogP) is 3.44. The van der Waals surface area contributed by atoms with Gasteiger partial charge < -0.3 is 9.80 Å². The highest BCUT2D eigenvalue weighted by Gasteiger charge is 2.34. The number of hydrogen-bond donors (Lipinski definition) is 0. The van der Waals surface area contributed by atoms with Crippen molar-refractivity contribution in [1.82, 2.24) is 4.90 Å². The highest BCUT2D eigenvalue weighted by atomic mass is 35.5. The van der Waals surface area contributed by atoms with Crippen molar-refractivity contribution in [2.75, 3.05) is 39.1 Å². The molecule has 0 saturated carbocycles. The maximum atomic E-state index is 13.0. The van der Waals surface area contributed by atoms with Gasteiger partial charge in [0.2, 0.25) is 0 Å². The van der Waals surface area contributed by atoms with Gasteiger partial charge in [-0.1, -0.05) is 6.07 Å². The molecule has 6 heteroatoms. The Kier molecular flexibility index (Phi) is 5.50. The second-order valence-corrected chi connectivity index (χ2v) is 4.97. The molecule has 0 bridgehead atoms. The number of hydrogen-bond acceptors (Lipinski definition) is 2. The first-order valence-electron chi connectivity index (χ1n) is 5.87. The van der Waals surface area contributed by atoms with Gasteiger partial charge >= 0.3 is 6.18 Å². The zero-order chi connectivity index (χ0) is 14.6. The Labute approximate surface area is 116 Å². The van der Waals surface area contributed by atoms with Crippen LogP contribution in [0, 0.1) is 0 Å². The van der Waals surface area contributed by atoms with Crippen molar-refractivity contribution in [2.24, 2.45) is 0 Å². The lowest BCUT2D eigenvalue weighted by Gasteiger charge is -2.25. The molecule has 0 unspecified atom stereocenters. The number of nitrogens with zero attached hydrogens (tertiary/aromatic N) is 2. The zero-order valence-corrected chi connectivity index (χ0v) is 12.0. The first kappa shape index (κ1) is 16.1. The van der Waals surface area contributed by atoms with Gasteiger partial charge in [0.25, 0.3) is 0 Å². The molecule has 0 aromatic heterocycles. The van der Waals surface area contributed by atoms with Crippen LogP contribution in [0.2, 0.25) is 0 Å². The standard InChI is InChI=1S/C13H18ClF3N2/c1-18(2)6-7-19(3)12-5-4-10(9-14)8-11(12)13(15,16)17/h4-5,8H,6-7,9H2,1-3H3. The van der Waals surface area contributed by atoms with Gasteiger partial charge in [0, 0.05) is 31.7 Å². The molecular formula is C13H18ClF3N2. The maximum Gasteiger partial charge on any atom is 0.418 e. The monoisotopic (exact) mass is 294 g/mol. The van der Waals surface area contributed by atoms with Crippen molar-refractivity contribution in [3.8, 4) is 0 Å². The van der Waals surface area contributed by atoms with Crippen molar-refractivity contribution in [1.29, 1.82) is 0 Å². The molecule has 0 saturated heterocycles. The molecule has 0 spiro atoms. The van der Waals surface area contributed by atoms with E-state index in [0.29, 0.717) is 18.7 Å². The van der Waals surface area contributed by atoms with E-state index in [1.165, 1.54) is 6.07 Å². The minimum atomic E-state index is -4.37. The fraction of sp³-hybridized carbons (Fsp3) is 0.538. The van der Waals surface area contributed by atoms with E-state index in [2.05, 4.69) is 0 Å². The van der Waals surface area contributed by atoms with Gasteiger partial charge in [-0.15, -0.1) is 11.6 Å². The van der Waals surface area contributed by atoms with Crippen molar-refractivity contribution in [3.63, 3.8) is 0 Å². The zero-order valence-electron chi connectivity index (χ0n) is 11.3. The van der Waals surface area contributed by atoms with Crippen LogP contribution >= 0.6 is 11.6 Å². The van der Waals surface area contributed by atoms with Crippen molar-refractivity contribution in [3.05, 3.63) is 29.3 Å². The Balaban J connectivity index is 3.05. The third-order valence-electron chi connectivity index (χ3n) is 2.81. The van der Waals surface area contributed by atoms with E-state index in [9.17, 15) is 13.2 Å². The van der Waals surface area contributed by atoms with Gasteiger partial charge in [0.1, 0.15) is 0 Å². The second-order valence-electron chi connectivity index (χ2n) is 4.71. The molecule has 0 radical (unpaired) electrons. The van der Waals surface area contributed by atoms with Crippen LogP contribution in [-0.2, 0) is 12.1 Å². The topological polar surface area (TPSA) is 6.48 Å². The molecule has 1 aromatic rings. The Bertz CT molecular complexity index is 419. The summed E-state index contributed by atoms with van der Waals surface area (Å²) >= 11 is 5.60. The summed E-state index contributed by atoms with van der Waals surface area (Å²) in [4.78, 5) is 3.54. The number of alkyl halides is 4. The number of halogens is 4. The first-order chi connectivity index (χ1) is 8.75. The summed E-state index contributed by atoms with van der Waals surface area (Å²) in [6.07, 6.45) is -4.37. The second kappa shape index (κ2) is 6.48. The van der Waals surface area contributed by atoms with Gasteiger partial charge in [-0.2, -0.15) is 13.2 Å². The summed E-state index contributed by atoms with van der Waals surface area (Å²) in [5.41, 5.74) is 0.0221. The average Bonchev–Trinajstić information content (AvgIpc) is 2.34. The SMILES string of the molecule is CN(C)CCN(C)c1ccc(CCl)cc1C(F)(F)F. The van der Waals surface area contributed by atoms with E-state index in [4.69, 9.17) is 11.6 Å². The first-order valence-corrected chi connectivity index (χ1v) is 6.41. The van der Waals surface area contributed by atoms with Crippen molar-refractivity contribution < 1.29 is 13.2 Å². The predicted molar refractivity (Wildman–Crippen MR) is 72.8 cm³/mol. The minimum absolute atomic E-state index is 0.0742. The Morgan fingerprint density at radius 3 is 2.21 bits per heavy atom. The molecule has 0 aliphatic rings. The molecule has 108 valence electrons. The van der Waals surface area contributed by atoms with Crippen LogP contribution in [0.4, 0.5) is 18.9 Å². The van der Waals surface area contributed by atoms with Crippen LogP contribution in [0.3, 0.4) is 0 Å². The molecular weight excluding hydrogens is 277 g/mol. The van der Waals surface area contributed by atoms with Crippen LogP contribution in [-0.4, -0.2) is 39.1 Å². The van der Waals surface area contributed by atoms with Crippen LogP contribution in [0.25, 0.3) is 0 Å². The van der Waals surface area contributed by atoms with Gasteiger partial charge in [-0.25, -0.2) is 0 Å². The lowest BCUT2D eigenvalue weighted by molar-refractivity contribution is -0.137. The van der Waals surface area contributed by atoms with E-state index in [0.717, 1.165) is 6.07 Å². The fourth-order valence-corrected chi connectivity index (χ4v) is 1.86. The molecule has 0 atom stereocenters. The quantitative estimate of drug-likeness (QED) is 0.768. The van der Waals surface area contributed by atoms with E-state index in [-0.39, 0.29) is 11.6 Å².